The van der Waals surface area contributed by atoms with Crippen LogP contribution in [0.3, 0.4) is 0 Å². The number of benzene rings is 1. The Morgan fingerprint density at radius 2 is 1.95 bits per heavy atom. The van der Waals surface area contributed by atoms with E-state index < -0.39 is 0 Å². The van der Waals surface area contributed by atoms with E-state index in [1.165, 1.54) is 16.8 Å². The Morgan fingerprint density at radius 1 is 1.10 bits per heavy atom. The van der Waals surface area contributed by atoms with Crippen LogP contribution in [0.4, 0.5) is 0 Å². The molecule has 0 aliphatic heterocycles. The quantitative estimate of drug-likeness (QED) is 0.514. The van der Waals surface area contributed by atoms with E-state index in [1.54, 1.807) is 12.4 Å². The molecule has 0 saturated heterocycles. The molecular formula is C18H15N2Y-. The third kappa shape index (κ3) is 3.45. The molecule has 0 saturated carbocycles. The van der Waals surface area contributed by atoms with Crippen LogP contribution in [-0.4, -0.2) is 4.98 Å². The number of nitrogens with zero attached hydrogens (tertiary/aromatic N) is 2. The van der Waals surface area contributed by atoms with Crippen molar-refractivity contribution in [1.29, 1.82) is 0 Å². The molecule has 1 aromatic carbocycles. The minimum absolute atomic E-state index is 0. The van der Waals surface area contributed by atoms with Crippen molar-refractivity contribution in [3.63, 3.8) is 0 Å². The number of aromatic nitrogens is 2. The van der Waals surface area contributed by atoms with Gasteiger partial charge in [0.15, 0.2) is 11.9 Å². The summed E-state index contributed by atoms with van der Waals surface area (Å²) in [5, 5.41) is 0. The van der Waals surface area contributed by atoms with E-state index in [0.29, 0.717) is 0 Å². The molecule has 2 nitrogen and oxygen atoms in total. The van der Waals surface area contributed by atoms with Crippen LogP contribution in [0, 0.1) is 19.1 Å². The molecule has 1 radical (unpaired) electrons. The molecule has 0 aliphatic carbocycles. The molecule has 0 amide bonds. The second kappa shape index (κ2) is 7.06. The van der Waals surface area contributed by atoms with Crippen LogP contribution in [0.5, 0.6) is 0 Å². The van der Waals surface area contributed by atoms with Gasteiger partial charge in [-0.05, 0) is 18.0 Å². The maximum atomic E-state index is 4.00. The summed E-state index contributed by atoms with van der Waals surface area (Å²) in [4.78, 5) is 4.00. The number of aryl methyl sites for hydroxylation is 2. The zero-order valence-corrected chi connectivity index (χ0v) is 15.0. The van der Waals surface area contributed by atoms with Crippen molar-refractivity contribution in [1.82, 2.24) is 4.98 Å². The Balaban J connectivity index is 0.00000161. The Bertz CT molecular complexity index is 739. The molecule has 0 bridgehead atoms. The van der Waals surface area contributed by atoms with Crippen LogP contribution >= 0.6 is 0 Å². The molecule has 0 spiro atoms. The first kappa shape index (κ1) is 16.0. The molecule has 3 rings (SSSR count). The first-order chi connectivity index (χ1) is 9.75. The van der Waals surface area contributed by atoms with E-state index in [-0.39, 0.29) is 32.7 Å². The molecule has 0 N–H and O–H groups in total. The van der Waals surface area contributed by atoms with E-state index in [9.17, 15) is 0 Å². The summed E-state index contributed by atoms with van der Waals surface area (Å²) >= 11 is 0. The molecule has 3 heteroatoms. The van der Waals surface area contributed by atoms with Gasteiger partial charge in [0.25, 0.3) is 0 Å². The molecule has 2 heterocycles. The van der Waals surface area contributed by atoms with Crippen molar-refractivity contribution in [2.75, 3.05) is 0 Å². The molecule has 0 unspecified atom stereocenters. The second-order valence-electron chi connectivity index (χ2n) is 4.79. The van der Waals surface area contributed by atoms with Crippen LogP contribution in [0.2, 0.25) is 0 Å². The Morgan fingerprint density at radius 3 is 2.62 bits per heavy atom. The summed E-state index contributed by atoms with van der Waals surface area (Å²) in [5.74, 6) is 0. The van der Waals surface area contributed by atoms with Gasteiger partial charge in [0.2, 0.25) is 0 Å². The van der Waals surface area contributed by atoms with E-state index in [0.717, 1.165) is 11.1 Å². The van der Waals surface area contributed by atoms with Crippen molar-refractivity contribution in [3.8, 4) is 22.4 Å². The van der Waals surface area contributed by atoms with Crippen LogP contribution in [0.25, 0.3) is 22.4 Å². The normalized spacial score (nSPS) is 10.0. The molecule has 2 aromatic heterocycles. The van der Waals surface area contributed by atoms with Crippen LogP contribution in [0.1, 0.15) is 5.56 Å². The van der Waals surface area contributed by atoms with E-state index in [4.69, 9.17) is 0 Å². The zero-order valence-electron chi connectivity index (χ0n) is 12.2. The summed E-state index contributed by atoms with van der Waals surface area (Å²) in [5.41, 5.74) is 5.68. The third-order valence-electron chi connectivity index (χ3n) is 3.40. The number of rotatable bonds is 2. The zero-order chi connectivity index (χ0) is 13.9. The first-order valence-corrected chi connectivity index (χ1v) is 6.55. The van der Waals surface area contributed by atoms with Crippen LogP contribution in [0.15, 0.2) is 55.0 Å². The molecule has 21 heavy (non-hydrogen) atoms. The minimum Gasteiger partial charge on any atom is -0.293 e. The van der Waals surface area contributed by atoms with Crippen molar-refractivity contribution in [2.24, 2.45) is 7.05 Å². The van der Waals surface area contributed by atoms with Gasteiger partial charge in [-0.3, -0.25) is 16.1 Å². The van der Waals surface area contributed by atoms with E-state index in [2.05, 4.69) is 60.1 Å². The fourth-order valence-corrected chi connectivity index (χ4v) is 2.32. The van der Waals surface area contributed by atoms with Gasteiger partial charge in [-0.2, -0.15) is 12.1 Å². The maximum Gasteiger partial charge on any atom is 0.171 e. The molecular weight excluding hydrogens is 333 g/mol. The number of hydrogen-bond donors (Lipinski definition) is 0. The van der Waals surface area contributed by atoms with Gasteiger partial charge in [-0.25, -0.2) is 16.7 Å². The average molecular weight is 348 g/mol. The van der Waals surface area contributed by atoms with Crippen LogP contribution < -0.4 is 4.57 Å². The predicted molar refractivity (Wildman–Crippen MR) is 78.7 cm³/mol. The van der Waals surface area contributed by atoms with Gasteiger partial charge < -0.3 is 0 Å². The minimum atomic E-state index is 0. The van der Waals surface area contributed by atoms with Crippen molar-refractivity contribution in [3.05, 3.63) is 72.7 Å². The summed E-state index contributed by atoms with van der Waals surface area (Å²) in [6.45, 7) is 2.13. The fraction of sp³-hybridized carbons (Fsp3) is 0.111. The van der Waals surface area contributed by atoms with Crippen molar-refractivity contribution < 1.29 is 37.3 Å². The van der Waals surface area contributed by atoms with E-state index in [1.807, 2.05) is 18.2 Å². The summed E-state index contributed by atoms with van der Waals surface area (Å²) < 4.78 is 2.12. The fourth-order valence-electron chi connectivity index (χ4n) is 2.32. The Labute approximate surface area is 150 Å². The van der Waals surface area contributed by atoms with E-state index >= 15 is 0 Å². The van der Waals surface area contributed by atoms with Gasteiger partial charge in [0.05, 0.1) is 0 Å². The van der Waals surface area contributed by atoms with Crippen molar-refractivity contribution >= 4 is 0 Å². The third-order valence-corrected chi connectivity index (χ3v) is 3.40. The molecule has 3 aromatic rings. The Kier molecular flexibility index (Phi) is 5.38. The SMILES string of the molecule is Cc1cc(-c2[c-]cncc2)[c-]cc1-c1cccc[n+]1C.[Y]. The first-order valence-electron chi connectivity index (χ1n) is 6.55. The topological polar surface area (TPSA) is 16.8 Å². The summed E-state index contributed by atoms with van der Waals surface area (Å²) in [6, 6.07) is 18.8. The van der Waals surface area contributed by atoms with Gasteiger partial charge in [-0.1, -0.05) is 13.0 Å². The molecule has 0 aliphatic rings. The Hall–Kier alpha value is -1.38. The molecule has 0 fully saturated rings. The molecule has 101 valence electrons. The van der Waals surface area contributed by atoms with Gasteiger partial charge in [0, 0.05) is 44.8 Å². The van der Waals surface area contributed by atoms with Crippen molar-refractivity contribution in [2.45, 2.75) is 6.92 Å². The predicted octanol–water partition coefficient (Wildman–Crippen LogP) is 3.15. The average Bonchev–Trinajstić information content (AvgIpc) is 2.49. The summed E-state index contributed by atoms with van der Waals surface area (Å²) in [6.07, 6.45) is 5.52. The van der Waals surface area contributed by atoms with Crippen LogP contribution in [-0.2, 0) is 39.8 Å². The monoisotopic (exact) mass is 348 g/mol. The van der Waals surface area contributed by atoms with Gasteiger partial charge >= 0.3 is 0 Å². The standard InChI is InChI=1S/C18H15N2.Y/c1-14-13-16(15-8-10-19-11-9-15)6-7-17(14)18-5-3-4-12-20(18)2;/h3-5,7-8,10-13H,1-2H3;/q-1;. The van der Waals surface area contributed by atoms with Gasteiger partial charge in [0.1, 0.15) is 7.05 Å². The summed E-state index contributed by atoms with van der Waals surface area (Å²) in [7, 11) is 2.05. The van der Waals surface area contributed by atoms with Gasteiger partial charge in [-0.15, -0.1) is 11.6 Å². The maximum absolute atomic E-state index is 4.00. The smallest absolute Gasteiger partial charge is 0.171 e. The number of hydrogen-bond acceptors (Lipinski definition) is 1. The largest absolute Gasteiger partial charge is 0.293 e. The second-order valence-corrected chi connectivity index (χ2v) is 4.79. The molecule has 0 atom stereocenters. The number of pyridine rings is 2.